The van der Waals surface area contributed by atoms with Gasteiger partial charge in [0.1, 0.15) is 0 Å². The fraction of sp³-hybridized carbons (Fsp3) is 0.174. The van der Waals surface area contributed by atoms with Crippen LogP contribution in [0.5, 0.6) is 11.5 Å². The van der Waals surface area contributed by atoms with Crippen molar-refractivity contribution in [1.29, 1.82) is 0 Å². The number of hydrogen-bond acceptors (Lipinski definition) is 7. The molecule has 4 rings (SSSR count). The highest BCUT2D eigenvalue weighted by Crippen LogP contribution is 2.32. The summed E-state index contributed by atoms with van der Waals surface area (Å²) in [7, 11) is 0. The minimum absolute atomic E-state index is 0.189. The summed E-state index contributed by atoms with van der Waals surface area (Å²) in [5.74, 6) is 0.353. The highest BCUT2D eigenvalue weighted by atomic mass is 16.7. The average Bonchev–Trinajstić information content (AvgIpc) is 3.25. The van der Waals surface area contributed by atoms with E-state index < -0.39 is 12.6 Å². The van der Waals surface area contributed by atoms with Gasteiger partial charge in [0.15, 0.2) is 18.1 Å². The van der Waals surface area contributed by atoms with Gasteiger partial charge in [-0.1, -0.05) is 47.6 Å². The van der Waals surface area contributed by atoms with E-state index in [1.54, 1.807) is 31.2 Å². The van der Waals surface area contributed by atoms with Gasteiger partial charge in [0.05, 0.1) is 5.71 Å². The lowest BCUT2D eigenvalue weighted by Gasteiger charge is -2.07. The molecule has 152 valence electrons. The predicted molar refractivity (Wildman–Crippen MR) is 110 cm³/mol. The number of ether oxygens (including phenoxy) is 3. The smallest absolute Gasteiger partial charge is 0.347 e. The Morgan fingerprint density at radius 3 is 2.67 bits per heavy atom. The molecule has 0 bridgehead atoms. The molecule has 0 unspecified atom stereocenters. The number of rotatable bonds is 7. The number of ketones is 1. The van der Waals surface area contributed by atoms with Gasteiger partial charge >= 0.3 is 5.97 Å². The summed E-state index contributed by atoms with van der Waals surface area (Å²) in [6.45, 7) is 1.17. The third-order valence-electron chi connectivity index (χ3n) is 4.63. The van der Waals surface area contributed by atoms with Crippen LogP contribution in [0.4, 0.5) is 0 Å². The van der Waals surface area contributed by atoms with E-state index in [2.05, 4.69) is 5.16 Å². The molecule has 30 heavy (non-hydrogen) atoms. The lowest BCUT2D eigenvalue weighted by Crippen LogP contribution is -2.17. The van der Waals surface area contributed by atoms with Crippen molar-refractivity contribution in [2.45, 2.75) is 6.92 Å². The Labute approximate surface area is 172 Å². The first-order valence-electron chi connectivity index (χ1n) is 9.35. The van der Waals surface area contributed by atoms with Gasteiger partial charge in [-0.15, -0.1) is 0 Å². The van der Waals surface area contributed by atoms with Crippen LogP contribution in [-0.4, -0.2) is 37.5 Å². The van der Waals surface area contributed by atoms with E-state index in [4.69, 9.17) is 19.0 Å². The average molecular weight is 405 g/mol. The molecule has 0 fully saturated rings. The molecular weight excluding hydrogens is 386 g/mol. The minimum Gasteiger partial charge on any atom is -0.455 e. The van der Waals surface area contributed by atoms with E-state index in [0.717, 1.165) is 16.3 Å². The number of esters is 1. The van der Waals surface area contributed by atoms with Gasteiger partial charge in [-0.2, -0.15) is 0 Å². The second-order valence-electron chi connectivity index (χ2n) is 6.63. The molecule has 1 aliphatic rings. The largest absolute Gasteiger partial charge is 0.455 e. The predicted octanol–water partition coefficient (Wildman–Crippen LogP) is 3.74. The van der Waals surface area contributed by atoms with Gasteiger partial charge < -0.3 is 19.0 Å². The van der Waals surface area contributed by atoms with Crippen molar-refractivity contribution in [3.63, 3.8) is 0 Å². The number of Topliss-reactive ketones (excluding diaryl/α,β-unsaturated/α-hetero) is 1. The molecule has 0 amide bonds. The second kappa shape index (κ2) is 8.65. The highest BCUT2D eigenvalue weighted by Gasteiger charge is 2.15. The van der Waals surface area contributed by atoms with E-state index in [9.17, 15) is 9.59 Å². The number of benzene rings is 3. The van der Waals surface area contributed by atoms with Crippen molar-refractivity contribution in [2.75, 3.05) is 20.0 Å². The molecule has 1 heterocycles. The first-order valence-corrected chi connectivity index (χ1v) is 9.35. The quantitative estimate of drug-likeness (QED) is 0.258. The van der Waals surface area contributed by atoms with Gasteiger partial charge in [0.2, 0.25) is 19.2 Å². The molecule has 7 heteroatoms. The van der Waals surface area contributed by atoms with Gasteiger partial charge in [-0.05, 0) is 35.9 Å². The Morgan fingerprint density at radius 2 is 1.77 bits per heavy atom. The normalized spacial score (nSPS) is 12.6. The maximum Gasteiger partial charge on any atom is 0.347 e. The second-order valence-corrected chi connectivity index (χ2v) is 6.63. The van der Waals surface area contributed by atoms with Crippen LogP contribution in [0.15, 0.2) is 65.8 Å². The van der Waals surface area contributed by atoms with Crippen LogP contribution in [0.2, 0.25) is 0 Å². The maximum absolute atomic E-state index is 12.5. The molecule has 0 aromatic heterocycles. The summed E-state index contributed by atoms with van der Waals surface area (Å²) < 4.78 is 15.6. The number of nitrogens with zero attached hydrogens (tertiary/aromatic N) is 1. The summed E-state index contributed by atoms with van der Waals surface area (Å²) in [5, 5.41) is 5.69. The number of fused-ring (bicyclic) bond motifs is 2. The molecular formula is C23H19NO6. The minimum atomic E-state index is -0.675. The van der Waals surface area contributed by atoms with E-state index in [1.807, 2.05) is 36.4 Å². The van der Waals surface area contributed by atoms with E-state index in [-0.39, 0.29) is 19.2 Å². The molecule has 0 N–H and O–H groups in total. The monoisotopic (exact) mass is 405 g/mol. The molecule has 7 nitrogen and oxygen atoms in total. The third kappa shape index (κ3) is 4.25. The van der Waals surface area contributed by atoms with Gasteiger partial charge in [0.25, 0.3) is 0 Å². The van der Waals surface area contributed by atoms with Crippen molar-refractivity contribution in [3.05, 3.63) is 71.8 Å². The molecule has 0 radical (unpaired) electrons. The SMILES string of the molecule is C/C(=N/OCC(=O)OCC(=O)c1cccc2ccccc12)c1ccc2c(c1)OCO2. The standard InChI is InChI=1S/C23H19NO6/c1-15(17-9-10-21-22(11-17)29-14-28-21)24-30-13-23(26)27-12-20(25)19-8-4-6-16-5-2-3-7-18(16)19/h2-11H,12-14H2,1H3/b24-15-. The van der Waals surface area contributed by atoms with Gasteiger partial charge in [0, 0.05) is 11.1 Å². The maximum atomic E-state index is 12.5. The Morgan fingerprint density at radius 1 is 0.967 bits per heavy atom. The van der Waals surface area contributed by atoms with E-state index in [1.165, 1.54) is 0 Å². The Hall–Kier alpha value is -3.87. The summed E-state index contributed by atoms with van der Waals surface area (Å²) in [6.07, 6.45) is 0. The summed E-state index contributed by atoms with van der Waals surface area (Å²) >= 11 is 0. The van der Waals surface area contributed by atoms with Crippen LogP contribution in [0.3, 0.4) is 0 Å². The molecule has 0 saturated carbocycles. The van der Waals surface area contributed by atoms with E-state index in [0.29, 0.717) is 22.8 Å². The highest BCUT2D eigenvalue weighted by molar-refractivity contribution is 6.09. The number of hydrogen-bond donors (Lipinski definition) is 0. The number of carbonyl (C=O) groups excluding carboxylic acids is 2. The first kappa shape index (κ1) is 19.4. The van der Waals surface area contributed by atoms with Crippen molar-refractivity contribution in [2.24, 2.45) is 5.16 Å². The van der Waals surface area contributed by atoms with Crippen molar-refractivity contribution in [3.8, 4) is 11.5 Å². The van der Waals surface area contributed by atoms with Crippen LogP contribution in [0, 0.1) is 0 Å². The molecule has 3 aromatic rings. The lowest BCUT2D eigenvalue weighted by molar-refractivity contribution is -0.147. The van der Waals surface area contributed by atoms with Gasteiger partial charge in [-0.3, -0.25) is 4.79 Å². The van der Waals surface area contributed by atoms with Crippen molar-refractivity contribution >= 4 is 28.2 Å². The fourth-order valence-corrected chi connectivity index (χ4v) is 3.09. The summed E-state index contributed by atoms with van der Waals surface area (Å²) in [6, 6.07) is 18.4. The van der Waals surface area contributed by atoms with E-state index >= 15 is 0 Å². The molecule has 0 atom stereocenters. The topological polar surface area (TPSA) is 83.4 Å². The molecule has 0 saturated heterocycles. The summed E-state index contributed by atoms with van der Waals surface area (Å²) in [5.41, 5.74) is 1.85. The number of carbonyl (C=O) groups is 2. The fourth-order valence-electron chi connectivity index (χ4n) is 3.09. The molecule has 0 spiro atoms. The van der Waals surface area contributed by atoms with Crippen LogP contribution >= 0.6 is 0 Å². The van der Waals surface area contributed by atoms with Gasteiger partial charge in [-0.25, -0.2) is 4.79 Å². The number of oxime groups is 1. The zero-order chi connectivity index (χ0) is 20.9. The van der Waals surface area contributed by atoms with Crippen LogP contribution in [0.25, 0.3) is 10.8 Å². The van der Waals surface area contributed by atoms with Crippen molar-refractivity contribution < 1.29 is 28.6 Å². The summed E-state index contributed by atoms with van der Waals surface area (Å²) in [4.78, 5) is 29.4. The Kier molecular flexibility index (Phi) is 5.61. The molecule has 3 aromatic carbocycles. The third-order valence-corrected chi connectivity index (χ3v) is 4.63. The lowest BCUT2D eigenvalue weighted by atomic mass is 10.0. The first-order chi connectivity index (χ1) is 14.6. The molecule has 1 aliphatic heterocycles. The Balaban J connectivity index is 1.29. The zero-order valence-corrected chi connectivity index (χ0v) is 16.3. The molecule has 0 aliphatic carbocycles. The van der Waals surface area contributed by atoms with Crippen LogP contribution in [0.1, 0.15) is 22.8 Å². The van der Waals surface area contributed by atoms with Crippen LogP contribution < -0.4 is 9.47 Å². The Bertz CT molecular complexity index is 1130. The van der Waals surface area contributed by atoms with Crippen molar-refractivity contribution in [1.82, 2.24) is 0 Å². The van der Waals surface area contributed by atoms with Crippen LogP contribution in [-0.2, 0) is 14.4 Å². The zero-order valence-electron chi connectivity index (χ0n) is 16.3.